The average molecular weight is 767 g/mol. The summed E-state index contributed by atoms with van der Waals surface area (Å²) in [5.41, 5.74) is -0.231. The molecule has 308 valence electrons. The second kappa shape index (κ2) is 14.0. The van der Waals surface area contributed by atoms with Crippen LogP contribution in [0, 0.1) is 50.2 Å². The third-order valence-corrected chi connectivity index (χ3v) is 17.0. The molecule has 0 spiro atoms. The monoisotopic (exact) mass is 766 g/mol. The Kier molecular flexibility index (Phi) is 10.6. The van der Waals surface area contributed by atoms with Crippen molar-refractivity contribution >= 4 is 5.97 Å². The number of aliphatic carboxylic acids is 1. The van der Waals surface area contributed by atoms with Gasteiger partial charge in [-0.1, -0.05) is 53.2 Å². The molecule has 2 aliphatic heterocycles. The number of carboxylic acids is 1. The van der Waals surface area contributed by atoms with Crippen molar-refractivity contribution in [2.75, 3.05) is 19.8 Å². The fourth-order valence-corrected chi connectivity index (χ4v) is 13.4. The summed E-state index contributed by atoms with van der Waals surface area (Å²) in [5, 5.41) is 84.0. The number of carboxylic acid groups (broad SMARTS) is 1. The van der Waals surface area contributed by atoms with Crippen LogP contribution in [-0.2, 0) is 23.7 Å². The zero-order chi connectivity index (χ0) is 39.4. The van der Waals surface area contributed by atoms with Gasteiger partial charge in [0.1, 0.15) is 42.7 Å². The van der Waals surface area contributed by atoms with Gasteiger partial charge in [-0.2, -0.15) is 0 Å². The maximum atomic E-state index is 13.0. The van der Waals surface area contributed by atoms with Crippen molar-refractivity contribution in [2.24, 2.45) is 50.2 Å². The Labute approximate surface area is 319 Å². The lowest BCUT2D eigenvalue weighted by Crippen LogP contribution is -2.66. The number of aliphatic hydroxyl groups is 7. The molecule has 6 fully saturated rings. The lowest BCUT2D eigenvalue weighted by atomic mass is 9.33. The SMILES string of the molecule is CC1(C)CC[C@]2(C(=O)O)CC[C@]3(C)C(=CC[C@@H]4[C@]5(C)CC[C@@H](O[C@H]6O[C@@H](CO[C@H]7O[C@H](CO)[C@@H](O)[C@H](O)[C@@H]7O)[C@@H](O)[C@@H]6O)[C@@](C)(CO)[C@@H]5CC[C@@]43C)[C@H]2C1. The molecule has 2 heterocycles. The summed E-state index contributed by atoms with van der Waals surface area (Å²) in [6.45, 7) is 12.8. The predicted molar refractivity (Wildman–Crippen MR) is 193 cm³/mol. The topological polar surface area (TPSA) is 216 Å². The molecule has 0 unspecified atom stereocenters. The standard InChI is InChI=1S/C41H66O13/c1-36(2)13-15-41(35(49)50)16-14-39(5)21(22(41)17-36)7-8-26-37(3)11-10-27(38(4,20-43)25(37)9-12-40(26,39)6)54-34-31(47)29(45)24(53-34)19-51-33-32(48)30(46)28(44)23(18-42)52-33/h7,22-34,42-48H,8-20H2,1-6H3,(H,49,50)/t22-,23-,24+,25-,26-,27-,28-,29-,30+,31+,32+,33+,34-,37-,38+,39-,40+,41+/m1/s1. The van der Waals surface area contributed by atoms with Crippen molar-refractivity contribution in [1.29, 1.82) is 0 Å². The van der Waals surface area contributed by atoms with Crippen molar-refractivity contribution in [3.05, 3.63) is 11.6 Å². The minimum atomic E-state index is -1.62. The zero-order valence-corrected chi connectivity index (χ0v) is 32.9. The minimum Gasteiger partial charge on any atom is -0.481 e. The van der Waals surface area contributed by atoms with Crippen LogP contribution in [0.5, 0.6) is 0 Å². The molecule has 18 atom stereocenters. The van der Waals surface area contributed by atoms with E-state index in [1.54, 1.807) is 0 Å². The van der Waals surface area contributed by atoms with Crippen LogP contribution in [0.25, 0.3) is 0 Å². The van der Waals surface area contributed by atoms with Gasteiger partial charge in [-0.05, 0) is 104 Å². The maximum Gasteiger partial charge on any atom is 0.310 e. The van der Waals surface area contributed by atoms with E-state index in [-0.39, 0.29) is 46.7 Å². The van der Waals surface area contributed by atoms with Crippen LogP contribution in [0.3, 0.4) is 0 Å². The van der Waals surface area contributed by atoms with Gasteiger partial charge in [0.05, 0.1) is 31.3 Å². The van der Waals surface area contributed by atoms with E-state index in [9.17, 15) is 45.6 Å². The number of allylic oxidation sites excluding steroid dienone is 2. The molecule has 7 rings (SSSR count). The largest absolute Gasteiger partial charge is 0.481 e. The number of carbonyl (C=O) groups is 1. The first kappa shape index (κ1) is 40.9. The molecular weight excluding hydrogens is 700 g/mol. The molecule has 2 saturated heterocycles. The molecule has 4 saturated carbocycles. The Hall–Kier alpha value is -1.23. The summed E-state index contributed by atoms with van der Waals surface area (Å²) in [6, 6.07) is 0. The van der Waals surface area contributed by atoms with Crippen molar-refractivity contribution in [2.45, 2.75) is 167 Å². The van der Waals surface area contributed by atoms with Gasteiger partial charge in [0.25, 0.3) is 0 Å². The second-order valence-corrected chi connectivity index (χ2v) is 20.1. The summed E-state index contributed by atoms with van der Waals surface area (Å²) in [4.78, 5) is 13.0. The summed E-state index contributed by atoms with van der Waals surface area (Å²) in [5.74, 6) is -0.193. The molecular formula is C41H66O13. The fourth-order valence-electron chi connectivity index (χ4n) is 13.4. The lowest BCUT2D eigenvalue weighted by molar-refractivity contribution is -0.309. The third-order valence-electron chi connectivity index (χ3n) is 17.0. The molecule has 0 aromatic heterocycles. The van der Waals surface area contributed by atoms with Gasteiger partial charge in [-0.15, -0.1) is 0 Å². The van der Waals surface area contributed by atoms with E-state index < -0.39 is 84.8 Å². The smallest absolute Gasteiger partial charge is 0.310 e. The lowest BCUT2D eigenvalue weighted by Gasteiger charge is -2.71. The van der Waals surface area contributed by atoms with E-state index in [0.29, 0.717) is 18.8 Å². The highest BCUT2D eigenvalue weighted by Gasteiger charge is 2.70. The van der Waals surface area contributed by atoms with Crippen molar-refractivity contribution in [1.82, 2.24) is 0 Å². The first-order valence-electron chi connectivity index (χ1n) is 20.4. The number of rotatable bonds is 8. The van der Waals surface area contributed by atoms with Gasteiger partial charge in [0, 0.05) is 5.41 Å². The summed E-state index contributed by atoms with van der Waals surface area (Å²) < 4.78 is 23.5. The maximum absolute atomic E-state index is 13.0. The van der Waals surface area contributed by atoms with Crippen LogP contribution in [0.15, 0.2) is 11.6 Å². The van der Waals surface area contributed by atoms with Crippen LogP contribution in [0.4, 0.5) is 0 Å². The van der Waals surface area contributed by atoms with Crippen LogP contribution in [0.1, 0.15) is 106 Å². The van der Waals surface area contributed by atoms with Gasteiger partial charge < -0.3 is 59.8 Å². The molecule has 0 amide bonds. The van der Waals surface area contributed by atoms with Crippen LogP contribution >= 0.6 is 0 Å². The third kappa shape index (κ3) is 5.92. The van der Waals surface area contributed by atoms with E-state index in [4.69, 9.17) is 18.9 Å². The molecule has 54 heavy (non-hydrogen) atoms. The summed E-state index contributed by atoms with van der Waals surface area (Å²) >= 11 is 0. The number of aliphatic hydroxyl groups excluding tert-OH is 7. The van der Waals surface area contributed by atoms with Crippen molar-refractivity contribution < 1.29 is 64.6 Å². The van der Waals surface area contributed by atoms with E-state index >= 15 is 0 Å². The second-order valence-electron chi connectivity index (χ2n) is 20.1. The fraction of sp³-hybridized carbons (Fsp3) is 0.927. The number of hydrogen-bond acceptors (Lipinski definition) is 12. The Bertz CT molecular complexity index is 1450. The highest BCUT2D eigenvalue weighted by atomic mass is 16.7. The summed E-state index contributed by atoms with van der Waals surface area (Å²) in [6.07, 6.45) is -2.27. The Morgan fingerprint density at radius 2 is 1.43 bits per heavy atom. The average Bonchev–Trinajstić information content (AvgIpc) is 3.39. The Morgan fingerprint density at radius 3 is 2.09 bits per heavy atom. The highest BCUT2D eigenvalue weighted by Crippen LogP contribution is 2.76. The van der Waals surface area contributed by atoms with E-state index in [1.807, 2.05) is 0 Å². The minimum absolute atomic E-state index is 0.0345. The van der Waals surface area contributed by atoms with Crippen LogP contribution in [0.2, 0.25) is 0 Å². The van der Waals surface area contributed by atoms with E-state index in [0.717, 1.165) is 51.4 Å². The Balaban J connectivity index is 1.08. The van der Waals surface area contributed by atoms with Crippen molar-refractivity contribution in [3.8, 4) is 0 Å². The summed E-state index contributed by atoms with van der Waals surface area (Å²) in [7, 11) is 0. The molecule has 8 N–H and O–H groups in total. The quantitative estimate of drug-likeness (QED) is 0.167. The van der Waals surface area contributed by atoms with Gasteiger partial charge >= 0.3 is 5.97 Å². The van der Waals surface area contributed by atoms with Crippen molar-refractivity contribution in [3.63, 3.8) is 0 Å². The first-order chi connectivity index (χ1) is 25.2. The van der Waals surface area contributed by atoms with Crippen LogP contribution < -0.4 is 0 Å². The molecule has 0 radical (unpaired) electrons. The molecule has 7 aliphatic rings. The van der Waals surface area contributed by atoms with E-state index in [1.165, 1.54) is 5.57 Å². The normalized spacial score (nSPS) is 54.1. The predicted octanol–water partition coefficient (Wildman–Crippen LogP) is 2.49. The van der Waals surface area contributed by atoms with Crippen LogP contribution in [-0.4, -0.2) is 128 Å². The molecule has 5 aliphatic carbocycles. The first-order valence-corrected chi connectivity index (χ1v) is 20.4. The van der Waals surface area contributed by atoms with Gasteiger partial charge in [0.15, 0.2) is 12.6 Å². The number of hydrogen-bond donors (Lipinski definition) is 8. The van der Waals surface area contributed by atoms with Gasteiger partial charge in [-0.25, -0.2) is 0 Å². The molecule has 13 heteroatoms. The zero-order valence-electron chi connectivity index (χ0n) is 32.9. The number of fused-ring (bicyclic) bond motifs is 7. The van der Waals surface area contributed by atoms with Gasteiger partial charge in [0.2, 0.25) is 0 Å². The molecule has 0 aromatic carbocycles. The Morgan fingerprint density at radius 1 is 0.778 bits per heavy atom. The highest BCUT2D eigenvalue weighted by molar-refractivity contribution is 5.76. The molecule has 13 nitrogen and oxygen atoms in total. The molecule has 0 aromatic rings. The van der Waals surface area contributed by atoms with E-state index in [2.05, 4.69) is 47.6 Å². The number of ether oxygens (including phenoxy) is 4. The van der Waals surface area contributed by atoms with Gasteiger partial charge in [-0.3, -0.25) is 4.79 Å². The molecule has 0 bridgehead atoms.